The number of rotatable bonds is 6. The molecule has 1 amide bonds. The molecule has 0 atom stereocenters. The average Bonchev–Trinajstić information content (AvgIpc) is 2.67. The first-order valence-corrected chi connectivity index (χ1v) is 8.46. The molecule has 0 spiro atoms. The molecule has 1 heterocycles. The molecule has 1 aliphatic heterocycles. The van der Waals surface area contributed by atoms with Crippen LogP contribution in [0.4, 0.5) is 4.39 Å². The molecule has 0 saturated carbocycles. The lowest BCUT2D eigenvalue weighted by Crippen LogP contribution is -2.45. The number of halogens is 1. The van der Waals surface area contributed by atoms with Crippen LogP contribution in [0, 0.1) is 5.82 Å². The van der Waals surface area contributed by atoms with E-state index in [1.54, 1.807) is 0 Å². The number of hydrogen-bond donors (Lipinski definition) is 1. The molecule has 0 aliphatic carbocycles. The molecule has 0 radical (unpaired) electrons. The maximum absolute atomic E-state index is 12.9. The molecule has 3 rings (SSSR count). The van der Waals surface area contributed by atoms with Crippen LogP contribution in [-0.2, 0) is 14.9 Å². The largest absolute Gasteiger partial charge is 0.484 e. The number of nitrogens with one attached hydrogen (secondary N) is 1. The third-order valence-corrected chi connectivity index (χ3v) is 4.64. The summed E-state index contributed by atoms with van der Waals surface area (Å²) < 4.78 is 23.8. The SMILES string of the molecule is O=C(COc1ccc(F)cc1)NCC1(c2ccccc2)CCOCC1. The van der Waals surface area contributed by atoms with Crippen molar-refractivity contribution in [2.75, 3.05) is 26.4 Å². The Balaban J connectivity index is 1.57. The van der Waals surface area contributed by atoms with Crippen LogP contribution in [0.15, 0.2) is 54.6 Å². The van der Waals surface area contributed by atoms with E-state index in [0.717, 1.165) is 12.8 Å². The van der Waals surface area contributed by atoms with Crippen molar-refractivity contribution < 1.29 is 18.7 Å². The van der Waals surface area contributed by atoms with Gasteiger partial charge in [0.25, 0.3) is 5.91 Å². The van der Waals surface area contributed by atoms with Crippen molar-refractivity contribution in [3.63, 3.8) is 0 Å². The Morgan fingerprint density at radius 1 is 1.08 bits per heavy atom. The van der Waals surface area contributed by atoms with Gasteiger partial charge in [0.05, 0.1) is 0 Å². The van der Waals surface area contributed by atoms with Gasteiger partial charge in [-0.15, -0.1) is 0 Å². The van der Waals surface area contributed by atoms with E-state index >= 15 is 0 Å². The van der Waals surface area contributed by atoms with E-state index in [2.05, 4.69) is 17.4 Å². The van der Waals surface area contributed by atoms with Gasteiger partial charge in [0.2, 0.25) is 0 Å². The van der Waals surface area contributed by atoms with Crippen LogP contribution in [0.5, 0.6) is 5.75 Å². The molecule has 132 valence electrons. The van der Waals surface area contributed by atoms with Gasteiger partial charge in [0, 0.05) is 25.2 Å². The Hall–Kier alpha value is -2.40. The van der Waals surface area contributed by atoms with Crippen LogP contribution in [-0.4, -0.2) is 32.3 Å². The molecule has 4 nitrogen and oxygen atoms in total. The maximum atomic E-state index is 12.9. The molecule has 1 aliphatic rings. The molecule has 0 unspecified atom stereocenters. The topological polar surface area (TPSA) is 47.6 Å². The van der Waals surface area contributed by atoms with Crippen molar-refractivity contribution in [2.24, 2.45) is 0 Å². The van der Waals surface area contributed by atoms with Crippen LogP contribution in [0.3, 0.4) is 0 Å². The quantitative estimate of drug-likeness (QED) is 0.877. The zero-order chi connectivity index (χ0) is 17.5. The zero-order valence-electron chi connectivity index (χ0n) is 14.0. The number of ether oxygens (including phenoxy) is 2. The Kier molecular flexibility index (Phi) is 5.66. The third-order valence-electron chi connectivity index (χ3n) is 4.64. The van der Waals surface area contributed by atoms with Crippen LogP contribution < -0.4 is 10.1 Å². The van der Waals surface area contributed by atoms with Gasteiger partial charge in [-0.05, 0) is 42.7 Å². The van der Waals surface area contributed by atoms with Gasteiger partial charge in [-0.1, -0.05) is 30.3 Å². The molecule has 2 aromatic rings. The molecule has 2 aromatic carbocycles. The lowest BCUT2D eigenvalue weighted by atomic mass is 9.74. The minimum absolute atomic E-state index is 0.0903. The van der Waals surface area contributed by atoms with Gasteiger partial charge in [0.15, 0.2) is 6.61 Å². The second-order valence-electron chi connectivity index (χ2n) is 6.28. The summed E-state index contributed by atoms with van der Waals surface area (Å²) in [6, 6.07) is 15.9. The summed E-state index contributed by atoms with van der Waals surface area (Å²) in [7, 11) is 0. The molecule has 25 heavy (non-hydrogen) atoms. The number of carbonyl (C=O) groups is 1. The van der Waals surface area contributed by atoms with Crippen LogP contribution in [0.25, 0.3) is 0 Å². The number of amides is 1. The summed E-state index contributed by atoms with van der Waals surface area (Å²) in [6.45, 7) is 1.84. The van der Waals surface area contributed by atoms with Crippen molar-refractivity contribution in [1.29, 1.82) is 0 Å². The fraction of sp³-hybridized carbons (Fsp3) is 0.350. The standard InChI is InChI=1S/C20H22FNO3/c21-17-6-8-18(9-7-17)25-14-19(23)22-15-20(10-12-24-13-11-20)16-4-2-1-3-5-16/h1-9H,10-15H2,(H,22,23). The van der Waals surface area contributed by atoms with Gasteiger partial charge in [0.1, 0.15) is 11.6 Å². The molecular formula is C20H22FNO3. The van der Waals surface area contributed by atoms with Crippen molar-refractivity contribution in [1.82, 2.24) is 5.32 Å². The smallest absolute Gasteiger partial charge is 0.257 e. The summed E-state index contributed by atoms with van der Waals surface area (Å²) in [6.07, 6.45) is 1.74. The van der Waals surface area contributed by atoms with Crippen LogP contribution >= 0.6 is 0 Å². The van der Waals surface area contributed by atoms with Gasteiger partial charge in [-0.25, -0.2) is 4.39 Å². The predicted octanol–water partition coefficient (Wildman–Crippen LogP) is 3.07. The third kappa shape index (κ3) is 4.57. The average molecular weight is 343 g/mol. The lowest BCUT2D eigenvalue weighted by Gasteiger charge is -2.38. The highest BCUT2D eigenvalue weighted by Gasteiger charge is 2.34. The second-order valence-corrected chi connectivity index (χ2v) is 6.28. The molecule has 1 saturated heterocycles. The molecule has 1 fully saturated rings. The highest BCUT2D eigenvalue weighted by Crippen LogP contribution is 2.34. The summed E-state index contributed by atoms with van der Waals surface area (Å²) >= 11 is 0. The number of benzene rings is 2. The first-order chi connectivity index (χ1) is 12.2. The van der Waals surface area contributed by atoms with E-state index < -0.39 is 0 Å². The normalized spacial score (nSPS) is 16.2. The Morgan fingerprint density at radius 3 is 2.44 bits per heavy atom. The fourth-order valence-electron chi connectivity index (χ4n) is 3.12. The van der Waals surface area contributed by atoms with E-state index in [0.29, 0.717) is 25.5 Å². The number of hydrogen-bond acceptors (Lipinski definition) is 3. The van der Waals surface area contributed by atoms with Crippen LogP contribution in [0.2, 0.25) is 0 Å². The molecule has 1 N–H and O–H groups in total. The fourth-order valence-corrected chi connectivity index (χ4v) is 3.12. The lowest BCUT2D eigenvalue weighted by molar-refractivity contribution is -0.123. The molecule has 0 bridgehead atoms. The molecule has 0 aromatic heterocycles. The van der Waals surface area contributed by atoms with Crippen molar-refractivity contribution in [2.45, 2.75) is 18.3 Å². The van der Waals surface area contributed by atoms with E-state index in [-0.39, 0.29) is 23.7 Å². The Labute approximate surface area is 147 Å². The summed E-state index contributed by atoms with van der Waals surface area (Å²) in [5, 5.41) is 2.98. The monoisotopic (exact) mass is 343 g/mol. The van der Waals surface area contributed by atoms with E-state index in [1.807, 2.05) is 18.2 Å². The van der Waals surface area contributed by atoms with Gasteiger partial charge in [-0.3, -0.25) is 4.79 Å². The van der Waals surface area contributed by atoms with E-state index in [9.17, 15) is 9.18 Å². The molecular weight excluding hydrogens is 321 g/mol. The second kappa shape index (κ2) is 8.12. The number of carbonyl (C=O) groups excluding carboxylic acids is 1. The first-order valence-electron chi connectivity index (χ1n) is 8.46. The highest BCUT2D eigenvalue weighted by molar-refractivity contribution is 5.77. The summed E-state index contributed by atoms with van der Waals surface area (Å²) in [5.41, 5.74) is 1.11. The van der Waals surface area contributed by atoms with Gasteiger partial charge in [-0.2, -0.15) is 0 Å². The first kappa shape index (κ1) is 17.4. The van der Waals surface area contributed by atoms with Crippen molar-refractivity contribution >= 4 is 5.91 Å². The van der Waals surface area contributed by atoms with E-state index in [1.165, 1.54) is 29.8 Å². The Bertz CT molecular complexity index is 682. The minimum Gasteiger partial charge on any atom is -0.484 e. The van der Waals surface area contributed by atoms with Gasteiger partial charge >= 0.3 is 0 Å². The molecule has 5 heteroatoms. The van der Waals surface area contributed by atoms with Crippen molar-refractivity contribution in [3.8, 4) is 5.75 Å². The van der Waals surface area contributed by atoms with Gasteiger partial charge < -0.3 is 14.8 Å². The Morgan fingerprint density at radius 2 is 1.76 bits per heavy atom. The van der Waals surface area contributed by atoms with Crippen LogP contribution in [0.1, 0.15) is 18.4 Å². The minimum atomic E-state index is -0.332. The summed E-state index contributed by atoms with van der Waals surface area (Å²) in [5.74, 6) is -0.0485. The van der Waals surface area contributed by atoms with E-state index in [4.69, 9.17) is 9.47 Å². The maximum Gasteiger partial charge on any atom is 0.257 e. The van der Waals surface area contributed by atoms with Crippen molar-refractivity contribution in [3.05, 3.63) is 66.0 Å². The summed E-state index contributed by atoms with van der Waals surface area (Å²) in [4.78, 5) is 12.2. The highest BCUT2D eigenvalue weighted by atomic mass is 19.1. The predicted molar refractivity (Wildman–Crippen MR) is 93.1 cm³/mol. The zero-order valence-corrected chi connectivity index (χ0v) is 14.0.